The molecule has 4 rings (SSSR count). The molecular weight excluding hydrogens is 403 g/mol. The SMILES string of the molecule is Cn1c(Sc2cc(C(F)(F)F)nc(-c3ccncc3)n2)nc2ccccc2c1=O. The van der Waals surface area contributed by atoms with E-state index in [2.05, 4.69) is 19.9 Å². The highest BCUT2D eigenvalue weighted by Gasteiger charge is 2.34. The fourth-order valence-electron chi connectivity index (χ4n) is 2.63. The van der Waals surface area contributed by atoms with Crippen LogP contribution in [-0.4, -0.2) is 24.5 Å². The number of hydrogen-bond acceptors (Lipinski definition) is 6. The first-order chi connectivity index (χ1) is 13.8. The van der Waals surface area contributed by atoms with Gasteiger partial charge in [-0.15, -0.1) is 0 Å². The van der Waals surface area contributed by atoms with Gasteiger partial charge in [-0.3, -0.25) is 14.3 Å². The van der Waals surface area contributed by atoms with E-state index in [1.165, 1.54) is 36.1 Å². The maximum absolute atomic E-state index is 13.4. The largest absolute Gasteiger partial charge is 0.433 e. The summed E-state index contributed by atoms with van der Waals surface area (Å²) in [5.41, 5.74) is -0.518. The predicted molar refractivity (Wildman–Crippen MR) is 101 cm³/mol. The molecule has 4 aromatic rings. The van der Waals surface area contributed by atoms with Crippen LogP contribution < -0.4 is 5.56 Å². The van der Waals surface area contributed by atoms with E-state index in [1.807, 2.05) is 0 Å². The molecule has 0 atom stereocenters. The van der Waals surface area contributed by atoms with Crippen molar-refractivity contribution in [2.75, 3.05) is 0 Å². The molecule has 0 spiro atoms. The van der Waals surface area contributed by atoms with Crippen molar-refractivity contribution >= 4 is 22.7 Å². The van der Waals surface area contributed by atoms with Gasteiger partial charge in [-0.05, 0) is 36.0 Å². The molecular formula is C19H12F3N5OS. The Morgan fingerprint density at radius 3 is 2.45 bits per heavy atom. The van der Waals surface area contributed by atoms with Crippen molar-refractivity contribution in [1.29, 1.82) is 0 Å². The molecule has 1 aromatic carbocycles. The average molecular weight is 415 g/mol. The van der Waals surface area contributed by atoms with Gasteiger partial charge in [0.25, 0.3) is 5.56 Å². The van der Waals surface area contributed by atoms with Gasteiger partial charge in [0, 0.05) is 31.1 Å². The van der Waals surface area contributed by atoms with Crippen LogP contribution in [0.1, 0.15) is 5.69 Å². The van der Waals surface area contributed by atoms with E-state index in [1.54, 1.807) is 24.3 Å². The van der Waals surface area contributed by atoms with Gasteiger partial charge in [0.05, 0.1) is 10.9 Å². The maximum atomic E-state index is 13.4. The molecule has 0 bridgehead atoms. The second-order valence-corrected chi connectivity index (χ2v) is 7.01. The topological polar surface area (TPSA) is 73.6 Å². The van der Waals surface area contributed by atoms with Crippen LogP contribution in [0.5, 0.6) is 0 Å². The van der Waals surface area contributed by atoms with Gasteiger partial charge in [-0.25, -0.2) is 15.0 Å². The number of pyridine rings is 1. The monoisotopic (exact) mass is 415 g/mol. The van der Waals surface area contributed by atoms with E-state index in [0.29, 0.717) is 16.5 Å². The minimum atomic E-state index is -4.65. The summed E-state index contributed by atoms with van der Waals surface area (Å²) in [5.74, 6) is -0.0875. The Morgan fingerprint density at radius 1 is 1.00 bits per heavy atom. The number of hydrogen-bond donors (Lipinski definition) is 0. The highest BCUT2D eigenvalue weighted by molar-refractivity contribution is 7.99. The molecule has 3 aromatic heterocycles. The predicted octanol–water partition coefficient (Wildman–Crippen LogP) is 3.96. The third kappa shape index (κ3) is 3.83. The number of benzene rings is 1. The molecule has 10 heteroatoms. The van der Waals surface area contributed by atoms with E-state index in [9.17, 15) is 18.0 Å². The van der Waals surface area contributed by atoms with Gasteiger partial charge in [0.15, 0.2) is 11.0 Å². The summed E-state index contributed by atoms with van der Waals surface area (Å²) in [7, 11) is 1.51. The van der Waals surface area contributed by atoms with Crippen molar-refractivity contribution in [2.24, 2.45) is 7.05 Å². The highest BCUT2D eigenvalue weighted by Crippen LogP contribution is 2.33. The molecule has 146 valence electrons. The van der Waals surface area contributed by atoms with Gasteiger partial charge in [0.1, 0.15) is 10.7 Å². The Labute approximate surface area is 166 Å². The Bertz CT molecular complexity index is 1260. The third-order valence-corrected chi connectivity index (χ3v) is 5.04. The number of nitrogens with zero attached hydrogens (tertiary/aromatic N) is 5. The summed E-state index contributed by atoms with van der Waals surface area (Å²) < 4.78 is 41.4. The van der Waals surface area contributed by atoms with Crippen LogP contribution in [0, 0.1) is 0 Å². The van der Waals surface area contributed by atoms with Crippen molar-refractivity contribution in [2.45, 2.75) is 16.4 Å². The van der Waals surface area contributed by atoms with Crippen LogP contribution in [0.15, 0.2) is 69.8 Å². The zero-order valence-corrected chi connectivity index (χ0v) is 15.7. The maximum Gasteiger partial charge on any atom is 0.433 e. The Kier molecular flexibility index (Phi) is 4.79. The van der Waals surface area contributed by atoms with E-state index < -0.39 is 11.9 Å². The molecule has 0 amide bonds. The van der Waals surface area contributed by atoms with Crippen molar-refractivity contribution in [3.63, 3.8) is 0 Å². The Hall–Kier alpha value is -3.27. The summed E-state index contributed by atoms with van der Waals surface area (Å²) in [4.78, 5) is 28.7. The number of fused-ring (bicyclic) bond motifs is 1. The van der Waals surface area contributed by atoms with Crippen molar-refractivity contribution in [1.82, 2.24) is 24.5 Å². The van der Waals surface area contributed by atoms with Crippen molar-refractivity contribution < 1.29 is 13.2 Å². The lowest BCUT2D eigenvalue weighted by Gasteiger charge is -2.12. The Morgan fingerprint density at radius 2 is 1.72 bits per heavy atom. The van der Waals surface area contributed by atoms with Gasteiger partial charge in [0.2, 0.25) is 0 Å². The zero-order valence-electron chi connectivity index (χ0n) is 14.9. The second kappa shape index (κ2) is 7.28. The number of rotatable bonds is 3. The highest BCUT2D eigenvalue weighted by atomic mass is 32.2. The van der Waals surface area contributed by atoms with E-state index in [-0.39, 0.29) is 21.6 Å². The molecule has 0 fully saturated rings. The fourth-order valence-corrected chi connectivity index (χ4v) is 3.49. The molecule has 0 aliphatic heterocycles. The summed E-state index contributed by atoms with van der Waals surface area (Å²) in [6.45, 7) is 0. The van der Waals surface area contributed by atoms with Gasteiger partial charge >= 0.3 is 6.18 Å². The Balaban J connectivity index is 1.84. The average Bonchev–Trinajstić information content (AvgIpc) is 2.72. The summed E-state index contributed by atoms with van der Waals surface area (Å²) in [5, 5.41) is 0.675. The van der Waals surface area contributed by atoms with Crippen LogP contribution in [-0.2, 0) is 13.2 Å². The lowest BCUT2D eigenvalue weighted by atomic mass is 10.2. The molecule has 0 saturated heterocycles. The van der Waals surface area contributed by atoms with Gasteiger partial charge < -0.3 is 0 Å². The lowest BCUT2D eigenvalue weighted by Crippen LogP contribution is -2.20. The third-order valence-electron chi connectivity index (χ3n) is 4.07. The summed E-state index contributed by atoms with van der Waals surface area (Å²) >= 11 is 0.867. The molecule has 0 unspecified atom stereocenters. The molecule has 29 heavy (non-hydrogen) atoms. The van der Waals surface area contributed by atoms with Crippen LogP contribution in [0.3, 0.4) is 0 Å². The normalized spacial score (nSPS) is 11.7. The lowest BCUT2D eigenvalue weighted by molar-refractivity contribution is -0.141. The summed E-state index contributed by atoms with van der Waals surface area (Å²) in [6, 6.07) is 10.7. The first kappa shape index (κ1) is 19.1. The van der Waals surface area contributed by atoms with Crippen LogP contribution in [0.4, 0.5) is 13.2 Å². The minimum Gasteiger partial charge on any atom is -0.290 e. The molecule has 6 nitrogen and oxygen atoms in total. The zero-order chi connectivity index (χ0) is 20.6. The number of aromatic nitrogens is 5. The summed E-state index contributed by atoms with van der Waals surface area (Å²) in [6.07, 6.45) is -1.76. The quantitative estimate of drug-likeness (QED) is 0.373. The van der Waals surface area contributed by atoms with Gasteiger partial charge in [-0.1, -0.05) is 12.1 Å². The fraction of sp³-hybridized carbons (Fsp3) is 0.105. The van der Waals surface area contributed by atoms with Gasteiger partial charge in [-0.2, -0.15) is 13.2 Å². The molecule has 0 aliphatic rings. The molecule has 3 heterocycles. The number of halogens is 3. The molecule has 0 aliphatic carbocycles. The minimum absolute atomic E-state index is 0.0249. The van der Waals surface area contributed by atoms with E-state index >= 15 is 0 Å². The standard InChI is InChI=1S/C19H12F3N5OS/c1-27-17(28)12-4-2-3-5-13(12)24-18(27)29-15-10-14(19(20,21)22)25-16(26-15)11-6-8-23-9-7-11/h2-10H,1H3. The van der Waals surface area contributed by atoms with Crippen LogP contribution in [0.2, 0.25) is 0 Å². The van der Waals surface area contributed by atoms with Crippen molar-refractivity contribution in [3.05, 3.63) is 70.9 Å². The second-order valence-electron chi connectivity index (χ2n) is 6.03. The molecule has 0 saturated carbocycles. The smallest absolute Gasteiger partial charge is 0.290 e. The number of para-hydroxylation sites is 1. The van der Waals surface area contributed by atoms with E-state index in [0.717, 1.165) is 17.8 Å². The first-order valence-corrected chi connectivity index (χ1v) is 9.15. The molecule has 0 radical (unpaired) electrons. The van der Waals surface area contributed by atoms with Crippen LogP contribution >= 0.6 is 11.8 Å². The van der Waals surface area contributed by atoms with Crippen LogP contribution in [0.25, 0.3) is 22.3 Å². The van der Waals surface area contributed by atoms with E-state index in [4.69, 9.17) is 0 Å². The number of alkyl halides is 3. The molecule has 0 N–H and O–H groups in total. The first-order valence-electron chi connectivity index (χ1n) is 8.33. The van der Waals surface area contributed by atoms with Crippen molar-refractivity contribution in [3.8, 4) is 11.4 Å².